The van der Waals surface area contributed by atoms with Crippen LogP contribution in [0.4, 0.5) is 10.2 Å². The smallest absolute Gasteiger partial charge is 0.257 e. The summed E-state index contributed by atoms with van der Waals surface area (Å²) in [6.45, 7) is 5.69. The predicted octanol–water partition coefficient (Wildman–Crippen LogP) is 3.80. The number of imide groups is 2. The third-order valence-electron chi connectivity index (χ3n) is 13.1. The van der Waals surface area contributed by atoms with Crippen LogP contribution in [0.1, 0.15) is 51.0 Å². The highest BCUT2D eigenvalue weighted by Crippen LogP contribution is 2.40. The summed E-state index contributed by atoms with van der Waals surface area (Å²) in [6.07, 6.45) is 9.87. The minimum atomic E-state index is -0.935. The van der Waals surface area contributed by atoms with Gasteiger partial charge in [0.05, 0.1) is 17.3 Å². The topological polar surface area (TPSA) is 172 Å². The molecule has 2 unspecified atom stereocenters. The molecule has 2 aromatic carbocycles. The van der Waals surface area contributed by atoms with E-state index in [9.17, 15) is 19.2 Å². The van der Waals surface area contributed by atoms with Crippen molar-refractivity contribution in [3.63, 3.8) is 0 Å². The molecule has 2 atom stereocenters. The monoisotopic (exact) mass is 800 g/mol. The molecule has 59 heavy (non-hydrogen) atoms. The molecule has 16 heteroatoms. The molecule has 5 saturated heterocycles. The summed E-state index contributed by atoms with van der Waals surface area (Å²) in [5, 5.41) is 7.89. The fourth-order valence-corrected chi connectivity index (χ4v) is 9.83. The number of nitrogen functional groups attached to an aromatic ring is 1. The fourth-order valence-electron chi connectivity index (χ4n) is 9.83. The maximum absolute atomic E-state index is 15.4. The van der Waals surface area contributed by atoms with Gasteiger partial charge in [-0.3, -0.25) is 34.3 Å². The SMILES string of the molecule is Nc1ncnc2c1c(-c1ccc(Oc3ccccc3)c(F)c1)nn2C1CCN(C2CCN(C3CN(C4=CC=C5C(=O)N(C6CCC(=O)NC6=O)C(=O)C5C4)C3)CC2)CC1. The quantitative estimate of drug-likeness (QED) is 0.248. The van der Waals surface area contributed by atoms with Crippen LogP contribution in [0.2, 0.25) is 0 Å². The van der Waals surface area contributed by atoms with Crippen molar-refractivity contribution < 1.29 is 28.3 Å². The van der Waals surface area contributed by atoms with Gasteiger partial charge in [0.25, 0.3) is 5.91 Å². The summed E-state index contributed by atoms with van der Waals surface area (Å²) in [7, 11) is 0. The third-order valence-corrected chi connectivity index (χ3v) is 13.1. The summed E-state index contributed by atoms with van der Waals surface area (Å²) in [4.78, 5) is 68.1. The van der Waals surface area contributed by atoms with Gasteiger partial charge in [-0.05, 0) is 68.5 Å². The largest absolute Gasteiger partial charge is 0.454 e. The van der Waals surface area contributed by atoms with E-state index in [0.717, 1.165) is 75.5 Å². The van der Waals surface area contributed by atoms with Crippen molar-refractivity contribution in [1.82, 2.24) is 44.7 Å². The molecule has 15 nitrogen and oxygen atoms in total. The lowest BCUT2D eigenvalue weighted by Gasteiger charge is -2.51. The van der Waals surface area contributed by atoms with Gasteiger partial charge in [0.1, 0.15) is 29.6 Å². The first-order chi connectivity index (χ1) is 28.7. The van der Waals surface area contributed by atoms with Gasteiger partial charge >= 0.3 is 0 Å². The molecule has 5 aliphatic heterocycles. The van der Waals surface area contributed by atoms with E-state index < -0.39 is 29.6 Å². The molecular weight excluding hydrogens is 756 g/mol. The van der Waals surface area contributed by atoms with Crippen molar-refractivity contribution in [3.05, 3.63) is 84.1 Å². The van der Waals surface area contributed by atoms with Crippen LogP contribution in [0.15, 0.2) is 78.3 Å². The van der Waals surface area contributed by atoms with Gasteiger partial charge in [-0.15, -0.1) is 0 Å². The number of halogens is 1. The Morgan fingerprint density at radius 2 is 1.56 bits per heavy atom. The lowest BCUT2D eigenvalue weighted by atomic mass is 9.89. The Bertz CT molecular complexity index is 2410. The number of anilines is 1. The Morgan fingerprint density at radius 3 is 2.29 bits per heavy atom. The summed E-state index contributed by atoms with van der Waals surface area (Å²) in [5.74, 6) is -1.84. The van der Waals surface area contributed by atoms with Crippen LogP contribution < -0.4 is 15.8 Å². The number of fused-ring (bicyclic) bond motifs is 2. The highest BCUT2D eigenvalue weighted by atomic mass is 19.1. The second-order valence-corrected chi connectivity index (χ2v) is 16.4. The van der Waals surface area contributed by atoms with Crippen LogP contribution in [0, 0.1) is 11.7 Å². The van der Waals surface area contributed by atoms with Gasteiger partial charge in [-0.2, -0.15) is 5.10 Å². The molecule has 2 aromatic heterocycles. The van der Waals surface area contributed by atoms with E-state index >= 15 is 4.39 Å². The molecule has 0 spiro atoms. The second-order valence-electron chi connectivity index (χ2n) is 16.4. The van der Waals surface area contributed by atoms with Crippen LogP contribution in [0.3, 0.4) is 0 Å². The van der Waals surface area contributed by atoms with E-state index in [1.807, 2.05) is 29.0 Å². The Morgan fingerprint density at radius 1 is 0.831 bits per heavy atom. The molecule has 5 fully saturated rings. The lowest BCUT2D eigenvalue weighted by molar-refractivity contribution is -0.150. The normalized spacial score (nSPS) is 23.9. The summed E-state index contributed by atoms with van der Waals surface area (Å²) in [6, 6.07) is 14.0. The number of nitrogens with two attached hydrogens (primary N) is 1. The van der Waals surface area contributed by atoms with Crippen LogP contribution >= 0.6 is 0 Å². The highest BCUT2D eigenvalue weighted by molar-refractivity contribution is 6.18. The Balaban J connectivity index is 0.725. The number of aromatic nitrogens is 4. The van der Waals surface area contributed by atoms with Crippen molar-refractivity contribution in [2.24, 2.45) is 5.92 Å². The molecule has 0 saturated carbocycles. The van der Waals surface area contributed by atoms with Crippen molar-refractivity contribution in [1.29, 1.82) is 0 Å². The average molecular weight is 801 g/mol. The van der Waals surface area contributed by atoms with Gasteiger partial charge in [0, 0.05) is 81.0 Å². The molecule has 0 radical (unpaired) electrons. The van der Waals surface area contributed by atoms with Gasteiger partial charge in [0.15, 0.2) is 17.2 Å². The van der Waals surface area contributed by atoms with E-state index in [1.54, 1.807) is 30.3 Å². The number of hydrogen-bond acceptors (Lipinski definition) is 12. The van der Waals surface area contributed by atoms with Crippen molar-refractivity contribution in [2.45, 2.75) is 69.1 Å². The number of para-hydroxylation sites is 1. The number of amides is 4. The van der Waals surface area contributed by atoms with Gasteiger partial charge in [-0.1, -0.05) is 24.3 Å². The van der Waals surface area contributed by atoms with E-state index in [-0.39, 0.29) is 36.4 Å². The minimum absolute atomic E-state index is 0.109. The van der Waals surface area contributed by atoms with Crippen LogP contribution in [0.25, 0.3) is 22.3 Å². The first kappa shape index (κ1) is 37.3. The van der Waals surface area contributed by atoms with E-state index in [2.05, 4.69) is 30.0 Å². The maximum atomic E-state index is 15.4. The Labute approximate surface area is 339 Å². The number of ether oxygens (including phenoxy) is 1. The van der Waals surface area contributed by atoms with E-state index in [4.69, 9.17) is 15.6 Å². The molecule has 304 valence electrons. The molecule has 3 N–H and O–H groups in total. The zero-order chi connectivity index (χ0) is 40.4. The van der Waals surface area contributed by atoms with Gasteiger partial charge in [-0.25, -0.2) is 19.0 Å². The van der Waals surface area contributed by atoms with Crippen LogP contribution in [0.5, 0.6) is 11.5 Å². The standard InChI is InChI=1S/C43H45FN10O5/c44-33-20-25(6-10-35(33)59-30-4-2-1-3-5-30)38-37-39(45)46-24-47-40(37)54(49-38)27-14-18-50(19-15-27)26-12-16-51(17-13-26)29-22-52(23-29)28-7-8-31-32(21-28)43(58)53(42(31)57)34-9-11-36(55)48-41(34)56/h1-8,10,20,24,26-27,29,32,34H,9,11-19,21-23H2,(H2,45,46,47)(H,48,55,56). The first-order valence-electron chi connectivity index (χ1n) is 20.6. The zero-order valence-electron chi connectivity index (χ0n) is 32.5. The zero-order valence-corrected chi connectivity index (χ0v) is 32.5. The number of carbonyl (C=O) groups excluding carboxylic acids is 4. The number of benzene rings is 2. The molecular formula is C43H45FN10O5. The third kappa shape index (κ3) is 6.73. The second kappa shape index (κ2) is 15.0. The average Bonchev–Trinajstić information content (AvgIpc) is 3.74. The summed E-state index contributed by atoms with van der Waals surface area (Å²) < 4.78 is 23.1. The molecule has 1 aliphatic carbocycles. The number of likely N-dealkylation sites (tertiary alicyclic amines) is 4. The van der Waals surface area contributed by atoms with Crippen molar-refractivity contribution >= 4 is 40.5 Å². The molecule has 0 bridgehead atoms. The predicted molar refractivity (Wildman–Crippen MR) is 214 cm³/mol. The number of nitrogens with zero attached hydrogens (tertiary/aromatic N) is 8. The Hall–Kier alpha value is -6.00. The molecule has 10 rings (SSSR count). The molecule has 4 aromatic rings. The summed E-state index contributed by atoms with van der Waals surface area (Å²) >= 11 is 0. The lowest BCUT2D eigenvalue weighted by Crippen LogP contribution is -2.61. The van der Waals surface area contributed by atoms with Crippen molar-refractivity contribution in [3.8, 4) is 22.8 Å². The minimum Gasteiger partial charge on any atom is -0.454 e. The number of nitrogens with one attached hydrogen (secondary N) is 1. The van der Waals surface area contributed by atoms with Crippen molar-refractivity contribution in [2.75, 3.05) is 45.0 Å². The van der Waals surface area contributed by atoms with Crippen LogP contribution in [-0.4, -0.2) is 120 Å². The number of hydrogen-bond donors (Lipinski definition) is 2. The number of allylic oxidation sites excluding steroid dienone is 3. The number of carbonyl (C=O) groups is 4. The van der Waals surface area contributed by atoms with Gasteiger partial charge < -0.3 is 20.3 Å². The van der Waals surface area contributed by atoms with E-state index in [0.29, 0.717) is 57.9 Å². The maximum Gasteiger partial charge on any atom is 0.257 e. The Kier molecular flexibility index (Phi) is 9.47. The molecule has 4 amide bonds. The first-order valence-corrected chi connectivity index (χ1v) is 20.6. The molecule has 6 aliphatic rings. The summed E-state index contributed by atoms with van der Waals surface area (Å²) in [5.41, 5.74) is 9.65. The van der Waals surface area contributed by atoms with E-state index in [1.165, 1.54) is 12.4 Å². The highest BCUT2D eigenvalue weighted by Gasteiger charge is 2.51. The fraction of sp³-hybridized carbons (Fsp3) is 0.419. The molecule has 7 heterocycles. The number of piperidine rings is 3. The van der Waals surface area contributed by atoms with Gasteiger partial charge in [0.2, 0.25) is 17.7 Å². The van der Waals surface area contributed by atoms with Crippen LogP contribution in [-0.2, 0) is 19.2 Å². The number of rotatable bonds is 8.